The first-order chi connectivity index (χ1) is 19.1. The van der Waals surface area contributed by atoms with Gasteiger partial charge in [0.25, 0.3) is 0 Å². The molecule has 1 heterocycles. The van der Waals surface area contributed by atoms with Crippen molar-refractivity contribution >= 4 is 17.8 Å². The van der Waals surface area contributed by atoms with Gasteiger partial charge in [-0.1, -0.05) is 26.0 Å². The lowest BCUT2D eigenvalue weighted by Gasteiger charge is -2.37. The fourth-order valence-corrected chi connectivity index (χ4v) is 4.93. The number of carboxylic acid groups (broad SMARTS) is 1. The summed E-state index contributed by atoms with van der Waals surface area (Å²) in [5.74, 6) is -0.238. The van der Waals surface area contributed by atoms with Gasteiger partial charge in [0.15, 0.2) is 0 Å². The Morgan fingerprint density at radius 3 is 2.02 bits per heavy atom. The van der Waals surface area contributed by atoms with Crippen molar-refractivity contribution in [3.05, 3.63) is 46.5 Å². The van der Waals surface area contributed by atoms with Crippen molar-refractivity contribution in [3.8, 4) is 23.0 Å². The molecule has 11 nitrogen and oxygen atoms in total. The van der Waals surface area contributed by atoms with Crippen LogP contribution in [0.4, 0.5) is 0 Å². The number of hydrogen-bond acceptors (Lipinski definition) is 8. The van der Waals surface area contributed by atoms with Crippen LogP contribution in [0, 0.1) is 0 Å². The Morgan fingerprint density at radius 1 is 0.976 bits per heavy atom. The molecule has 2 amide bonds. The second kappa shape index (κ2) is 12.4. The highest BCUT2D eigenvalue weighted by Crippen LogP contribution is 2.53. The zero-order valence-electron chi connectivity index (χ0n) is 25.0. The van der Waals surface area contributed by atoms with Crippen molar-refractivity contribution in [1.82, 2.24) is 10.6 Å². The molecule has 0 saturated carbocycles. The summed E-state index contributed by atoms with van der Waals surface area (Å²) in [6.07, 6.45) is -0.846. The predicted octanol–water partition coefficient (Wildman–Crippen LogP) is 3.03. The Balaban J connectivity index is 1.84. The fraction of sp³-hybridized carbons (Fsp3) is 0.500. The van der Waals surface area contributed by atoms with Gasteiger partial charge in [-0.25, -0.2) is 0 Å². The van der Waals surface area contributed by atoms with E-state index in [1.807, 2.05) is 46.8 Å². The number of carbonyl (C=O) groups excluding carboxylic acids is 2. The van der Waals surface area contributed by atoms with Gasteiger partial charge in [0, 0.05) is 22.1 Å². The first-order valence-electron chi connectivity index (χ1n) is 13.4. The second-order valence-electron chi connectivity index (χ2n) is 11.5. The largest absolute Gasteiger partial charge is 0.496 e. The number of amides is 2. The van der Waals surface area contributed by atoms with Crippen LogP contribution in [0.15, 0.2) is 24.3 Å². The molecule has 0 aromatic heterocycles. The number of methoxy groups -OCH3 is 2. The molecule has 41 heavy (non-hydrogen) atoms. The summed E-state index contributed by atoms with van der Waals surface area (Å²) in [5.41, 5.74) is 7.61. The van der Waals surface area contributed by atoms with E-state index in [2.05, 4.69) is 10.6 Å². The van der Waals surface area contributed by atoms with Crippen molar-refractivity contribution in [2.24, 2.45) is 5.73 Å². The molecule has 1 aliphatic heterocycles. The minimum absolute atomic E-state index is 0.0281. The van der Waals surface area contributed by atoms with E-state index in [0.29, 0.717) is 34.1 Å². The topological polar surface area (TPSA) is 158 Å². The molecule has 3 rings (SSSR count). The SMILES string of the molecule is COc1ccc2c(c1CNC(=O)CNC(=O)[C@@H](N)C(C)OC(C)(C)C)Oc1c(ccc(OC)c1CC(=O)O)C2(C)C. The van der Waals surface area contributed by atoms with Gasteiger partial charge in [-0.15, -0.1) is 0 Å². The van der Waals surface area contributed by atoms with Gasteiger partial charge in [0.2, 0.25) is 11.8 Å². The van der Waals surface area contributed by atoms with Crippen molar-refractivity contribution in [2.45, 2.75) is 77.7 Å². The van der Waals surface area contributed by atoms with Gasteiger partial charge in [0.05, 0.1) is 51.0 Å². The Kier molecular flexibility index (Phi) is 9.55. The quantitative estimate of drug-likeness (QED) is 0.318. The zero-order valence-corrected chi connectivity index (χ0v) is 25.0. The maximum Gasteiger partial charge on any atom is 0.308 e. The summed E-state index contributed by atoms with van der Waals surface area (Å²) in [5, 5.41) is 14.9. The highest BCUT2D eigenvalue weighted by Gasteiger charge is 2.38. The molecule has 2 aromatic rings. The van der Waals surface area contributed by atoms with Gasteiger partial charge in [0.1, 0.15) is 29.0 Å². The molecular formula is C30H41N3O8. The molecule has 1 unspecified atom stereocenters. The molecule has 0 aliphatic carbocycles. The number of fused-ring (bicyclic) bond motifs is 2. The Labute approximate surface area is 240 Å². The van der Waals surface area contributed by atoms with E-state index in [1.54, 1.807) is 19.1 Å². The zero-order chi connectivity index (χ0) is 30.7. The number of aliphatic carboxylic acids is 1. The number of nitrogens with two attached hydrogens (primary N) is 1. The number of rotatable bonds is 11. The number of carbonyl (C=O) groups is 3. The molecule has 0 spiro atoms. The maximum absolute atomic E-state index is 12.7. The van der Waals surface area contributed by atoms with E-state index in [9.17, 15) is 19.5 Å². The molecule has 0 radical (unpaired) electrons. The van der Waals surface area contributed by atoms with Crippen molar-refractivity contribution in [3.63, 3.8) is 0 Å². The third-order valence-electron chi connectivity index (χ3n) is 6.99. The van der Waals surface area contributed by atoms with Gasteiger partial charge in [-0.05, 0) is 39.8 Å². The molecule has 224 valence electrons. The second-order valence-corrected chi connectivity index (χ2v) is 11.5. The minimum Gasteiger partial charge on any atom is -0.496 e. The van der Waals surface area contributed by atoms with Crippen LogP contribution in [0.5, 0.6) is 23.0 Å². The van der Waals surface area contributed by atoms with Crippen molar-refractivity contribution in [2.75, 3.05) is 20.8 Å². The number of ether oxygens (including phenoxy) is 4. The van der Waals surface area contributed by atoms with Crippen LogP contribution in [0.25, 0.3) is 0 Å². The van der Waals surface area contributed by atoms with E-state index < -0.39 is 40.9 Å². The molecule has 0 bridgehead atoms. The number of carboxylic acids is 1. The maximum atomic E-state index is 12.7. The molecule has 0 fully saturated rings. The van der Waals surface area contributed by atoms with E-state index in [-0.39, 0.29) is 19.5 Å². The lowest BCUT2D eigenvalue weighted by atomic mass is 9.74. The Bertz CT molecular complexity index is 1320. The van der Waals surface area contributed by atoms with E-state index in [0.717, 1.165) is 11.1 Å². The van der Waals surface area contributed by atoms with Crippen LogP contribution in [-0.2, 0) is 37.5 Å². The summed E-state index contributed by atoms with van der Waals surface area (Å²) in [4.78, 5) is 36.9. The van der Waals surface area contributed by atoms with Crippen LogP contribution in [0.1, 0.15) is 63.8 Å². The van der Waals surface area contributed by atoms with Crippen molar-refractivity contribution < 1.29 is 38.4 Å². The molecule has 1 aliphatic rings. The van der Waals surface area contributed by atoms with Crippen LogP contribution >= 0.6 is 0 Å². The summed E-state index contributed by atoms with van der Waals surface area (Å²) >= 11 is 0. The van der Waals surface area contributed by atoms with Crippen LogP contribution in [0.2, 0.25) is 0 Å². The van der Waals surface area contributed by atoms with E-state index in [4.69, 9.17) is 24.7 Å². The fourth-order valence-electron chi connectivity index (χ4n) is 4.93. The standard InChI is InChI=1S/C30H41N3O8/c1-16(41-29(2,3)4)25(31)28(37)33-15-23(34)32-14-18-22(39-8)12-10-20-27(18)40-26-17(13-24(35)36)21(38-7)11-9-19(26)30(20,5)6/h9-12,16,25H,13-15,31H2,1-8H3,(H,32,34)(H,33,37)(H,35,36)/t16?,25-/m0/s1. The smallest absolute Gasteiger partial charge is 0.308 e. The van der Waals surface area contributed by atoms with Gasteiger partial charge in [-0.3, -0.25) is 14.4 Å². The first kappa shape index (κ1) is 31.7. The van der Waals surface area contributed by atoms with Crippen LogP contribution in [0.3, 0.4) is 0 Å². The van der Waals surface area contributed by atoms with Gasteiger partial charge < -0.3 is 40.4 Å². The lowest BCUT2D eigenvalue weighted by Crippen LogP contribution is -2.51. The van der Waals surface area contributed by atoms with Crippen LogP contribution < -0.4 is 30.6 Å². The van der Waals surface area contributed by atoms with E-state index in [1.165, 1.54) is 14.2 Å². The third-order valence-corrected chi connectivity index (χ3v) is 6.99. The molecule has 11 heteroatoms. The van der Waals surface area contributed by atoms with E-state index >= 15 is 0 Å². The Morgan fingerprint density at radius 2 is 1.51 bits per heavy atom. The summed E-state index contributed by atoms with van der Waals surface area (Å²) < 4.78 is 23.2. The van der Waals surface area contributed by atoms with Crippen LogP contribution in [-0.4, -0.2) is 61.4 Å². The third kappa shape index (κ3) is 7.09. The average molecular weight is 572 g/mol. The molecule has 2 aromatic carbocycles. The monoisotopic (exact) mass is 571 g/mol. The first-order valence-corrected chi connectivity index (χ1v) is 13.4. The van der Waals surface area contributed by atoms with Crippen molar-refractivity contribution in [1.29, 1.82) is 0 Å². The summed E-state index contributed by atoms with van der Waals surface area (Å²) in [6, 6.07) is 6.36. The number of benzene rings is 2. The highest BCUT2D eigenvalue weighted by molar-refractivity contribution is 5.87. The highest BCUT2D eigenvalue weighted by atomic mass is 16.5. The summed E-state index contributed by atoms with van der Waals surface area (Å²) in [7, 11) is 2.99. The number of hydrogen-bond donors (Lipinski definition) is 4. The lowest BCUT2D eigenvalue weighted by molar-refractivity contribution is -0.136. The molecule has 5 N–H and O–H groups in total. The van der Waals surface area contributed by atoms with Gasteiger partial charge >= 0.3 is 5.97 Å². The summed E-state index contributed by atoms with van der Waals surface area (Å²) in [6.45, 7) is 11.1. The molecule has 2 atom stereocenters. The normalized spacial score (nSPS) is 15.0. The number of nitrogens with one attached hydrogen (secondary N) is 2. The molecule has 0 saturated heterocycles. The average Bonchev–Trinajstić information content (AvgIpc) is 2.88. The predicted molar refractivity (Wildman–Crippen MR) is 153 cm³/mol. The molecular weight excluding hydrogens is 530 g/mol. The Hall–Kier alpha value is -3.83. The minimum atomic E-state index is -1.02. The van der Waals surface area contributed by atoms with Gasteiger partial charge in [-0.2, -0.15) is 0 Å².